The molecule has 0 aromatic carbocycles. The molecule has 70 valence electrons. The summed E-state index contributed by atoms with van der Waals surface area (Å²) >= 11 is 3.47. The normalized spacial score (nSPS) is 40.3. The summed E-state index contributed by atoms with van der Waals surface area (Å²) in [6.45, 7) is 2.59. The van der Waals surface area contributed by atoms with Gasteiger partial charge in [-0.3, -0.25) is 0 Å². The first-order valence-corrected chi connectivity index (χ1v) is 5.23. The summed E-state index contributed by atoms with van der Waals surface area (Å²) in [6.07, 6.45) is 2.47. The minimum absolute atomic E-state index is 0.322. The molecule has 3 atom stereocenters. The second-order valence-electron chi connectivity index (χ2n) is 3.42. The molecular weight excluding hydrogens is 221 g/mol. The standard InChI is InChI=1S/C9H15BrFN/c1-6-4-7(2-3-12)9(11)5-8(6)10/h2,6,8-9H,3-5,12H2,1H3/b7-2+/t6?,8-,9?/m0/s1. The third-order valence-corrected chi connectivity index (χ3v) is 3.67. The maximum absolute atomic E-state index is 13.3. The second kappa shape index (κ2) is 4.38. The third kappa shape index (κ3) is 2.30. The first-order valence-electron chi connectivity index (χ1n) is 4.32. The van der Waals surface area contributed by atoms with Gasteiger partial charge in [0.15, 0.2) is 0 Å². The molecule has 0 radical (unpaired) electrons. The van der Waals surface area contributed by atoms with E-state index in [1.54, 1.807) is 0 Å². The van der Waals surface area contributed by atoms with E-state index in [1.165, 1.54) is 0 Å². The van der Waals surface area contributed by atoms with Gasteiger partial charge in [0, 0.05) is 11.4 Å². The smallest absolute Gasteiger partial charge is 0.122 e. The van der Waals surface area contributed by atoms with Crippen LogP contribution in [0.5, 0.6) is 0 Å². The predicted octanol–water partition coefficient (Wildman–Crippen LogP) is 2.40. The molecule has 1 nitrogen and oxygen atoms in total. The molecule has 2 unspecified atom stereocenters. The van der Waals surface area contributed by atoms with Crippen molar-refractivity contribution >= 4 is 15.9 Å². The Kier molecular flexibility index (Phi) is 3.72. The Balaban J connectivity index is 2.61. The molecule has 0 aliphatic heterocycles. The van der Waals surface area contributed by atoms with Gasteiger partial charge >= 0.3 is 0 Å². The zero-order valence-electron chi connectivity index (χ0n) is 7.26. The molecule has 0 aromatic rings. The van der Waals surface area contributed by atoms with Crippen molar-refractivity contribution in [3.8, 4) is 0 Å². The van der Waals surface area contributed by atoms with Gasteiger partial charge in [0.25, 0.3) is 0 Å². The summed E-state index contributed by atoms with van der Waals surface area (Å²) in [6, 6.07) is 0. The Hall–Kier alpha value is 0.110. The molecule has 1 aliphatic carbocycles. The zero-order valence-corrected chi connectivity index (χ0v) is 8.85. The molecule has 1 rings (SSSR count). The van der Waals surface area contributed by atoms with E-state index in [0.29, 0.717) is 23.7 Å². The number of allylic oxidation sites excluding steroid dienone is 1. The van der Waals surface area contributed by atoms with Crippen molar-refractivity contribution in [3.63, 3.8) is 0 Å². The topological polar surface area (TPSA) is 26.0 Å². The van der Waals surface area contributed by atoms with Gasteiger partial charge in [-0.15, -0.1) is 0 Å². The average molecular weight is 236 g/mol. The molecule has 0 aromatic heterocycles. The molecule has 0 amide bonds. The fourth-order valence-corrected chi connectivity index (χ4v) is 2.09. The Morgan fingerprint density at radius 3 is 3.00 bits per heavy atom. The van der Waals surface area contributed by atoms with Crippen LogP contribution in [0.25, 0.3) is 0 Å². The van der Waals surface area contributed by atoms with Crippen molar-refractivity contribution in [2.75, 3.05) is 6.54 Å². The van der Waals surface area contributed by atoms with Crippen LogP contribution in [0.15, 0.2) is 11.6 Å². The van der Waals surface area contributed by atoms with Crippen LogP contribution >= 0.6 is 15.9 Å². The highest BCUT2D eigenvalue weighted by molar-refractivity contribution is 9.09. The first kappa shape index (κ1) is 10.2. The summed E-state index contributed by atoms with van der Waals surface area (Å²) in [5, 5.41) is 0. The number of nitrogens with two attached hydrogens (primary N) is 1. The zero-order chi connectivity index (χ0) is 9.14. The summed E-state index contributed by atoms with van der Waals surface area (Å²) in [5.74, 6) is 0.523. The molecule has 3 heteroatoms. The lowest BCUT2D eigenvalue weighted by Crippen LogP contribution is -2.26. The predicted molar refractivity (Wildman–Crippen MR) is 53.1 cm³/mol. The van der Waals surface area contributed by atoms with Crippen LogP contribution in [0, 0.1) is 5.92 Å². The highest BCUT2D eigenvalue weighted by Crippen LogP contribution is 2.34. The lowest BCUT2D eigenvalue weighted by Gasteiger charge is -2.29. The summed E-state index contributed by atoms with van der Waals surface area (Å²) in [4.78, 5) is 0.322. The quantitative estimate of drug-likeness (QED) is 0.549. The number of hydrogen-bond acceptors (Lipinski definition) is 1. The van der Waals surface area contributed by atoms with E-state index in [4.69, 9.17) is 5.73 Å². The van der Waals surface area contributed by atoms with Crippen molar-refractivity contribution in [1.82, 2.24) is 0 Å². The highest BCUT2D eigenvalue weighted by Gasteiger charge is 2.28. The van der Waals surface area contributed by atoms with Gasteiger partial charge in [-0.1, -0.05) is 28.9 Å². The number of halogens is 2. The van der Waals surface area contributed by atoms with E-state index < -0.39 is 6.17 Å². The van der Waals surface area contributed by atoms with Crippen LogP contribution in [-0.4, -0.2) is 17.5 Å². The van der Waals surface area contributed by atoms with Crippen LogP contribution in [-0.2, 0) is 0 Å². The molecule has 1 aliphatic rings. The molecule has 0 bridgehead atoms. The van der Waals surface area contributed by atoms with Crippen molar-refractivity contribution in [1.29, 1.82) is 0 Å². The van der Waals surface area contributed by atoms with Gasteiger partial charge in [-0.25, -0.2) is 4.39 Å². The van der Waals surface area contributed by atoms with Gasteiger partial charge in [0.1, 0.15) is 6.17 Å². The van der Waals surface area contributed by atoms with E-state index in [2.05, 4.69) is 22.9 Å². The largest absolute Gasteiger partial charge is 0.327 e. The molecule has 2 N–H and O–H groups in total. The van der Waals surface area contributed by atoms with Crippen LogP contribution in [0.4, 0.5) is 4.39 Å². The summed E-state index contributed by atoms with van der Waals surface area (Å²) < 4.78 is 13.3. The van der Waals surface area contributed by atoms with Gasteiger partial charge < -0.3 is 5.73 Å². The van der Waals surface area contributed by atoms with E-state index in [-0.39, 0.29) is 0 Å². The summed E-state index contributed by atoms with van der Waals surface area (Å²) in [5.41, 5.74) is 6.24. The van der Waals surface area contributed by atoms with Crippen LogP contribution in [0.3, 0.4) is 0 Å². The van der Waals surface area contributed by atoms with E-state index in [1.807, 2.05) is 6.08 Å². The SMILES string of the molecule is CC1C/C(=C\CN)C(F)C[C@@H]1Br. The van der Waals surface area contributed by atoms with Gasteiger partial charge in [-0.05, 0) is 24.3 Å². The number of rotatable bonds is 1. The third-order valence-electron chi connectivity index (χ3n) is 2.39. The van der Waals surface area contributed by atoms with Crippen molar-refractivity contribution in [2.24, 2.45) is 11.7 Å². The molecule has 0 heterocycles. The molecular formula is C9H15BrFN. The lowest BCUT2D eigenvalue weighted by molar-refractivity contribution is 0.290. The molecule has 0 spiro atoms. The van der Waals surface area contributed by atoms with Gasteiger partial charge in [0.05, 0.1) is 0 Å². The Morgan fingerprint density at radius 2 is 2.42 bits per heavy atom. The fraction of sp³-hybridized carbons (Fsp3) is 0.778. The molecule has 0 saturated heterocycles. The lowest BCUT2D eigenvalue weighted by atomic mass is 9.85. The Bertz CT molecular complexity index is 181. The Morgan fingerprint density at radius 1 is 1.75 bits per heavy atom. The minimum atomic E-state index is -0.783. The van der Waals surface area contributed by atoms with E-state index in [0.717, 1.165) is 12.0 Å². The number of hydrogen-bond donors (Lipinski definition) is 1. The first-order chi connectivity index (χ1) is 5.65. The maximum Gasteiger partial charge on any atom is 0.122 e. The van der Waals surface area contributed by atoms with E-state index >= 15 is 0 Å². The summed E-state index contributed by atoms with van der Waals surface area (Å²) in [7, 11) is 0. The van der Waals surface area contributed by atoms with Crippen LogP contribution in [0.1, 0.15) is 19.8 Å². The van der Waals surface area contributed by atoms with Crippen LogP contribution in [0.2, 0.25) is 0 Å². The fourth-order valence-electron chi connectivity index (χ4n) is 1.57. The van der Waals surface area contributed by atoms with Gasteiger partial charge in [-0.2, -0.15) is 0 Å². The minimum Gasteiger partial charge on any atom is -0.327 e. The molecule has 1 fully saturated rings. The van der Waals surface area contributed by atoms with Crippen molar-refractivity contribution in [3.05, 3.63) is 11.6 Å². The van der Waals surface area contributed by atoms with Crippen LogP contribution < -0.4 is 5.73 Å². The van der Waals surface area contributed by atoms with Crippen molar-refractivity contribution in [2.45, 2.75) is 30.8 Å². The average Bonchev–Trinajstić information content (AvgIpc) is 2.01. The number of alkyl halides is 2. The maximum atomic E-state index is 13.3. The van der Waals surface area contributed by atoms with E-state index in [9.17, 15) is 4.39 Å². The molecule has 1 saturated carbocycles. The Labute approximate surface area is 81.3 Å². The van der Waals surface area contributed by atoms with Gasteiger partial charge in [0.2, 0.25) is 0 Å². The monoisotopic (exact) mass is 235 g/mol. The highest BCUT2D eigenvalue weighted by atomic mass is 79.9. The molecule has 12 heavy (non-hydrogen) atoms. The second-order valence-corrected chi connectivity index (χ2v) is 4.59. The van der Waals surface area contributed by atoms with Crippen molar-refractivity contribution < 1.29 is 4.39 Å².